The number of aliphatic hydroxyl groups excluding tert-OH is 2. The van der Waals surface area contributed by atoms with Gasteiger partial charge in [-0.3, -0.25) is 0 Å². The van der Waals surface area contributed by atoms with E-state index >= 15 is 0 Å². The first kappa shape index (κ1) is 21.4. The summed E-state index contributed by atoms with van der Waals surface area (Å²) in [5, 5.41) is 31.2. The third-order valence-corrected chi connectivity index (χ3v) is 4.79. The molecule has 0 saturated carbocycles. The highest BCUT2D eigenvalue weighted by molar-refractivity contribution is 5.82. The minimum absolute atomic E-state index is 0.110. The third-order valence-electron chi connectivity index (χ3n) is 4.79. The molecule has 0 bridgehead atoms. The van der Waals surface area contributed by atoms with Crippen LogP contribution in [0.1, 0.15) is 33.3 Å². The van der Waals surface area contributed by atoms with Crippen molar-refractivity contribution in [2.45, 2.75) is 57.5 Å². The molecule has 0 radical (unpaired) electrons. The molecule has 1 heterocycles. The SMILES string of the molecule is COC(C)(C)C(O)Cc1c(OCC(O)C(C)(C)O)ccc2ccc(=O)oc12. The van der Waals surface area contributed by atoms with E-state index < -0.39 is 29.0 Å². The second-order valence-corrected chi connectivity index (χ2v) is 7.72. The van der Waals surface area contributed by atoms with Crippen molar-refractivity contribution in [3.8, 4) is 5.75 Å². The maximum Gasteiger partial charge on any atom is 0.336 e. The van der Waals surface area contributed by atoms with Crippen LogP contribution in [0.3, 0.4) is 0 Å². The second kappa shape index (κ2) is 7.98. The molecule has 27 heavy (non-hydrogen) atoms. The van der Waals surface area contributed by atoms with Crippen LogP contribution in [0.2, 0.25) is 0 Å². The lowest BCUT2D eigenvalue weighted by Gasteiger charge is -2.30. The average Bonchev–Trinajstić information content (AvgIpc) is 2.59. The molecular formula is C20H28O7. The number of ether oxygens (including phenoxy) is 2. The number of methoxy groups -OCH3 is 1. The molecule has 0 amide bonds. The summed E-state index contributed by atoms with van der Waals surface area (Å²) >= 11 is 0. The van der Waals surface area contributed by atoms with Gasteiger partial charge >= 0.3 is 5.63 Å². The molecule has 2 unspecified atom stereocenters. The molecule has 7 heteroatoms. The van der Waals surface area contributed by atoms with Gasteiger partial charge in [0.2, 0.25) is 0 Å². The van der Waals surface area contributed by atoms with Crippen LogP contribution >= 0.6 is 0 Å². The zero-order valence-electron chi connectivity index (χ0n) is 16.4. The van der Waals surface area contributed by atoms with E-state index in [0.29, 0.717) is 22.3 Å². The highest BCUT2D eigenvalue weighted by Crippen LogP contribution is 2.31. The average molecular weight is 380 g/mol. The van der Waals surface area contributed by atoms with Gasteiger partial charge < -0.3 is 29.2 Å². The van der Waals surface area contributed by atoms with Gasteiger partial charge in [-0.1, -0.05) is 0 Å². The monoisotopic (exact) mass is 380 g/mol. The lowest BCUT2D eigenvalue weighted by atomic mass is 9.93. The molecule has 0 aliphatic carbocycles. The number of hydrogen-bond donors (Lipinski definition) is 3. The van der Waals surface area contributed by atoms with Gasteiger partial charge in [0.25, 0.3) is 0 Å². The molecule has 1 aromatic carbocycles. The number of hydrogen-bond acceptors (Lipinski definition) is 7. The number of fused-ring (bicyclic) bond motifs is 1. The van der Waals surface area contributed by atoms with Gasteiger partial charge in [-0.25, -0.2) is 4.79 Å². The Morgan fingerprint density at radius 1 is 1.07 bits per heavy atom. The van der Waals surface area contributed by atoms with Crippen molar-refractivity contribution in [3.63, 3.8) is 0 Å². The van der Waals surface area contributed by atoms with Gasteiger partial charge in [-0.15, -0.1) is 0 Å². The summed E-state index contributed by atoms with van der Waals surface area (Å²) in [7, 11) is 1.50. The van der Waals surface area contributed by atoms with Gasteiger partial charge in [0.05, 0.1) is 17.3 Å². The van der Waals surface area contributed by atoms with Crippen molar-refractivity contribution < 1.29 is 29.2 Å². The van der Waals surface area contributed by atoms with Crippen molar-refractivity contribution in [2.75, 3.05) is 13.7 Å². The predicted octanol–water partition coefficient (Wildman–Crippen LogP) is 1.63. The Balaban J connectivity index is 2.45. The van der Waals surface area contributed by atoms with E-state index in [9.17, 15) is 20.1 Å². The fraction of sp³-hybridized carbons (Fsp3) is 0.550. The van der Waals surface area contributed by atoms with Gasteiger partial charge in [0, 0.05) is 30.5 Å². The van der Waals surface area contributed by atoms with E-state index in [1.54, 1.807) is 32.0 Å². The largest absolute Gasteiger partial charge is 0.490 e. The highest BCUT2D eigenvalue weighted by Gasteiger charge is 2.30. The van der Waals surface area contributed by atoms with Crippen LogP contribution in [-0.2, 0) is 11.2 Å². The lowest BCUT2D eigenvalue weighted by molar-refractivity contribution is -0.0771. The molecular weight excluding hydrogens is 352 g/mol. The van der Waals surface area contributed by atoms with E-state index in [0.717, 1.165) is 0 Å². The predicted molar refractivity (Wildman–Crippen MR) is 101 cm³/mol. The molecule has 150 valence electrons. The minimum Gasteiger partial charge on any atom is -0.490 e. The highest BCUT2D eigenvalue weighted by atomic mass is 16.5. The number of benzene rings is 1. The van der Waals surface area contributed by atoms with E-state index in [2.05, 4.69) is 0 Å². The van der Waals surface area contributed by atoms with Crippen molar-refractivity contribution in [1.29, 1.82) is 0 Å². The summed E-state index contributed by atoms with van der Waals surface area (Å²) in [6.45, 7) is 6.29. The third kappa shape index (κ3) is 5.07. The van der Waals surface area contributed by atoms with E-state index in [1.165, 1.54) is 27.0 Å². The van der Waals surface area contributed by atoms with Gasteiger partial charge in [0.1, 0.15) is 24.0 Å². The topological polar surface area (TPSA) is 109 Å². The van der Waals surface area contributed by atoms with Gasteiger partial charge in [-0.2, -0.15) is 0 Å². The van der Waals surface area contributed by atoms with Gasteiger partial charge in [-0.05, 0) is 45.9 Å². The molecule has 2 atom stereocenters. The molecule has 0 spiro atoms. The van der Waals surface area contributed by atoms with Crippen molar-refractivity contribution in [1.82, 2.24) is 0 Å². The molecule has 0 saturated heterocycles. The smallest absolute Gasteiger partial charge is 0.336 e. The van der Waals surface area contributed by atoms with E-state index in [-0.39, 0.29) is 13.0 Å². The molecule has 0 aliphatic heterocycles. The Morgan fingerprint density at radius 3 is 2.30 bits per heavy atom. The molecule has 2 rings (SSSR count). The Labute approximate surface area is 158 Å². The van der Waals surface area contributed by atoms with Crippen LogP contribution in [0.4, 0.5) is 0 Å². The summed E-state index contributed by atoms with van der Waals surface area (Å²) in [6, 6.07) is 6.36. The fourth-order valence-corrected chi connectivity index (χ4v) is 2.45. The van der Waals surface area contributed by atoms with E-state index in [1.807, 2.05) is 0 Å². The fourth-order valence-electron chi connectivity index (χ4n) is 2.45. The van der Waals surface area contributed by atoms with E-state index in [4.69, 9.17) is 13.9 Å². The Kier molecular flexibility index (Phi) is 6.32. The Morgan fingerprint density at radius 2 is 1.70 bits per heavy atom. The summed E-state index contributed by atoms with van der Waals surface area (Å²) in [5.41, 5.74) is -1.88. The van der Waals surface area contributed by atoms with Crippen molar-refractivity contribution in [2.24, 2.45) is 0 Å². The van der Waals surface area contributed by atoms with Crippen LogP contribution in [-0.4, -0.2) is 52.4 Å². The normalized spacial score (nSPS) is 15.0. The minimum atomic E-state index is -1.33. The summed E-state index contributed by atoms with van der Waals surface area (Å²) < 4.78 is 16.4. The quantitative estimate of drug-likeness (QED) is 0.597. The Hall–Kier alpha value is -1.93. The number of aliphatic hydroxyl groups is 3. The second-order valence-electron chi connectivity index (χ2n) is 7.72. The van der Waals surface area contributed by atoms with Crippen molar-refractivity contribution >= 4 is 11.0 Å². The summed E-state index contributed by atoms with van der Waals surface area (Å²) in [4.78, 5) is 11.7. The first-order valence-electron chi connectivity index (χ1n) is 8.78. The lowest BCUT2D eigenvalue weighted by Crippen LogP contribution is -2.40. The van der Waals surface area contributed by atoms with Crippen LogP contribution < -0.4 is 10.4 Å². The standard InChI is InChI=1S/C20H28O7/c1-19(2,24)16(22)11-26-14-8-6-12-7-9-17(23)27-18(12)13(14)10-15(21)20(3,4)25-5/h6-9,15-16,21-22,24H,10-11H2,1-5H3. The summed E-state index contributed by atoms with van der Waals surface area (Å²) in [5.74, 6) is 0.353. The molecule has 0 aliphatic rings. The van der Waals surface area contributed by atoms with Crippen LogP contribution in [0, 0.1) is 0 Å². The van der Waals surface area contributed by atoms with Crippen molar-refractivity contribution in [3.05, 3.63) is 40.2 Å². The Bertz CT molecular complexity index is 832. The van der Waals surface area contributed by atoms with Gasteiger partial charge in [0.15, 0.2) is 0 Å². The van der Waals surface area contributed by atoms with Crippen LogP contribution in [0.25, 0.3) is 11.0 Å². The molecule has 3 N–H and O–H groups in total. The molecule has 7 nitrogen and oxygen atoms in total. The first-order chi connectivity index (χ1) is 12.5. The summed E-state index contributed by atoms with van der Waals surface area (Å²) in [6.07, 6.45) is -1.91. The molecule has 2 aromatic rings. The number of rotatable bonds is 8. The zero-order valence-corrected chi connectivity index (χ0v) is 16.4. The maximum atomic E-state index is 11.7. The molecule has 1 aromatic heterocycles. The first-order valence-corrected chi connectivity index (χ1v) is 8.78. The van der Waals surface area contributed by atoms with Crippen LogP contribution in [0.5, 0.6) is 5.75 Å². The van der Waals surface area contributed by atoms with Crippen LogP contribution in [0.15, 0.2) is 33.5 Å². The molecule has 0 fully saturated rings. The zero-order chi connectivity index (χ0) is 20.4. The maximum absolute atomic E-state index is 11.7.